The van der Waals surface area contributed by atoms with E-state index in [1.54, 1.807) is 0 Å². The first-order valence-corrected chi connectivity index (χ1v) is 9.76. The molecule has 0 aliphatic rings. The molecule has 0 aromatic heterocycles. The molecule has 0 saturated heterocycles. The van der Waals surface area contributed by atoms with Gasteiger partial charge in [0.1, 0.15) is 5.72 Å². The van der Waals surface area contributed by atoms with Crippen LogP contribution in [0.15, 0.2) is 12.7 Å². The predicted molar refractivity (Wildman–Crippen MR) is 84.1 cm³/mol. The lowest BCUT2D eigenvalue weighted by atomic mass is 10.1. The molecule has 0 spiro atoms. The average Bonchev–Trinajstić information content (AvgIpc) is 2.34. The van der Waals surface area contributed by atoms with Crippen molar-refractivity contribution in [3.8, 4) is 0 Å². The summed E-state index contributed by atoms with van der Waals surface area (Å²) in [7, 11) is -10.9. The molecule has 0 saturated carbocycles. The molecular weight excluding hydrogens is 389 g/mol. The third kappa shape index (κ3) is 6.92. The molecule has 148 valence electrons. The van der Waals surface area contributed by atoms with E-state index in [1.807, 2.05) is 0 Å². The second-order valence-corrected chi connectivity index (χ2v) is 10.3. The average molecular weight is 410 g/mol. The summed E-state index contributed by atoms with van der Waals surface area (Å²) in [5.41, 5.74) is -6.96. The summed E-state index contributed by atoms with van der Waals surface area (Å²) in [6.45, 7) is 7.96. The van der Waals surface area contributed by atoms with Crippen LogP contribution in [0.25, 0.3) is 0 Å². The number of ether oxygens (including phenoxy) is 1. The summed E-state index contributed by atoms with van der Waals surface area (Å²) in [6.07, 6.45) is 0.647. The molecule has 0 atom stereocenters. The number of rotatable bonds is 9. The fourth-order valence-corrected chi connectivity index (χ4v) is 4.16. The molecule has 0 heterocycles. The van der Waals surface area contributed by atoms with E-state index in [-0.39, 0.29) is 13.0 Å². The van der Waals surface area contributed by atoms with Crippen molar-refractivity contribution >= 4 is 26.0 Å². The number of carbonyl (C=O) groups is 1. The summed E-state index contributed by atoms with van der Waals surface area (Å²) in [4.78, 5) is 11.2. The van der Waals surface area contributed by atoms with Crippen LogP contribution in [0.1, 0.15) is 34.1 Å². The molecular formula is C12H21F3N2O6S2. The summed E-state index contributed by atoms with van der Waals surface area (Å²) >= 11 is 0. The highest BCUT2D eigenvalue weighted by molar-refractivity contribution is 8.05. The molecule has 1 amide bonds. The number of amides is 1. The Morgan fingerprint density at radius 3 is 1.96 bits per heavy atom. The van der Waals surface area contributed by atoms with Gasteiger partial charge in [0.2, 0.25) is 15.9 Å². The minimum atomic E-state index is -6.06. The monoisotopic (exact) mass is 410 g/mol. The van der Waals surface area contributed by atoms with Gasteiger partial charge in [0, 0.05) is 0 Å². The zero-order chi connectivity index (χ0) is 20.3. The van der Waals surface area contributed by atoms with Crippen molar-refractivity contribution in [1.29, 1.82) is 0 Å². The van der Waals surface area contributed by atoms with E-state index in [9.17, 15) is 34.8 Å². The van der Waals surface area contributed by atoms with Gasteiger partial charge in [-0.3, -0.25) is 4.79 Å². The topological polar surface area (TPSA) is 119 Å². The molecule has 8 nitrogen and oxygen atoms in total. The summed E-state index contributed by atoms with van der Waals surface area (Å²) in [5.74, 6) is -0.546. The predicted octanol–water partition coefficient (Wildman–Crippen LogP) is 0.979. The third-order valence-corrected chi connectivity index (χ3v) is 7.05. The molecule has 0 aromatic carbocycles. The van der Waals surface area contributed by atoms with E-state index in [0.29, 0.717) is 4.13 Å². The number of alkyl halides is 3. The molecule has 0 bridgehead atoms. The maximum atomic E-state index is 12.3. The van der Waals surface area contributed by atoms with Gasteiger partial charge in [0.05, 0.1) is 11.4 Å². The number of carbonyl (C=O) groups excluding carboxylic acids is 1. The largest absolute Gasteiger partial charge is 0.512 e. The van der Waals surface area contributed by atoms with E-state index in [4.69, 9.17) is 4.74 Å². The lowest BCUT2D eigenvalue weighted by molar-refractivity contribution is -0.126. The summed E-state index contributed by atoms with van der Waals surface area (Å²) in [6, 6.07) is 0. The van der Waals surface area contributed by atoms with Crippen molar-refractivity contribution in [2.45, 2.75) is 50.1 Å². The van der Waals surface area contributed by atoms with E-state index < -0.39 is 41.9 Å². The number of halogens is 3. The van der Waals surface area contributed by atoms with Crippen molar-refractivity contribution in [2.24, 2.45) is 0 Å². The van der Waals surface area contributed by atoms with Crippen molar-refractivity contribution < 1.29 is 39.5 Å². The van der Waals surface area contributed by atoms with Crippen LogP contribution in [0.5, 0.6) is 0 Å². The van der Waals surface area contributed by atoms with Crippen LogP contribution in [0, 0.1) is 0 Å². The molecule has 2 N–H and O–H groups in total. The molecule has 0 rings (SSSR count). The van der Waals surface area contributed by atoms with Crippen LogP contribution in [0.2, 0.25) is 0 Å². The van der Waals surface area contributed by atoms with Gasteiger partial charge in [-0.15, -0.1) is 4.13 Å². The Hall–Kier alpha value is -1.18. The maximum Gasteiger partial charge on any atom is 0.512 e. The molecule has 25 heavy (non-hydrogen) atoms. The Labute approximate surface area is 144 Å². The highest BCUT2D eigenvalue weighted by atomic mass is 32.3. The Balaban J connectivity index is 5.03. The van der Waals surface area contributed by atoms with Gasteiger partial charge in [0.15, 0.2) is 0 Å². The van der Waals surface area contributed by atoms with Crippen LogP contribution < -0.4 is 9.44 Å². The number of nitrogens with one attached hydrogen (secondary N) is 2. The second-order valence-electron chi connectivity index (χ2n) is 6.10. The van der Waals surface area contributed by atoms with Gasteiger partial charge >= 0.3 is 15.5 Å². The molecule has 0 unspecified atom stereocenters. The van der Waals surface area contributed by atoms with Gasteiger partial charge in [-0.1, -0.05) is 6.58 Å². The van der Waals surface area contributed by atoms with E-state index >= 15 is 0 Å². The first-order valence-electron chi connectivity index (χ1n) is 6.80. The zero-order valence-electron chi connectivity index (χ0n) is 14.1. The number of sulfonamides is 2. The lowest BCUT2D eigenvalue weighted by Gasteiger charge is -2.29. The highest BCUT2D eigenvalue weighted by Crippen LogP contribution is 2.27. The fraction of sp³-hybridized carbons (Fsp3) is 0.750. The van der Waals surface area contributed by atoms with E-state index in [0.717, 1.165) is 19.9 Å². The SMILES string of the molecule is C=CC(=O)NC(C)(C)OCCC(C)(C)S(=O)(=O)NS(=O)(=O)C(F)(F)F. The molecule has 0 aliphatic heterocycles. The van der Waals surface area contributed by atoms with Crippen molar-refractivity contribution in [3.63, 3.8) is 0 Å². The molecule has 0 fully saturated rings. The van der Waals surface area contributed by atoms with Crippen LogP contribution >= 0.6 is 0 Å². The second kappa shape index (κ2) is 7.60. The smallest absolute Gasteiger partial charge is 0.356 e. The Bertz CT molecular complexity index is 712. The van der Waals surface area contributed by atoms with Crippen LogP contribution in [0.4, 0.5) is 13.2 Å². The normalized spacial score (nSPS) is 14.2. The van der Waals surface area contributed by atoms with Gasteiger partial charge in [-0.2, -0.15) is 13.2 Å². The number of hydrogen-bond donors (Lipinski definition) is 2. The quantitative estimate of drug-likeness (QED) is 0.432. The van der Waals surface area contributed by atoms with Gasteiger partial charge in [-0.05, 0) is 40.2 Å². The van der Waals surface area contributed by atoms with Gasteiger partial charge in [0.25, 0.3) is 0 Å². The first-order chi connectivity index (χ1) is 10.9. The third-order valence-electron chi connectivity index (χ3n) is 3.03. The van der Waals surface area contributed by atoms with Crippen molar-refractivity contribution in [3.05, 3.63) is 12.7 Å². The Morgan fingerprint density at radius 1 is 1.08 bits per heavy atom. The molecule has 0 aromatic rings. The van der Waals surface area contributed by atoms with Crippen LogP contribution in [-0.2, 0) is 29.6 Å². The molecule has 0 aliphatic carbocycles. The van der Waals surface area contributed by atoms with E-state index in [1.165, 1.54) is 13.8 Å². The lowest BCUT2D eigenvalue weighted by Crippen LogP contribution is -2.50. The number of hydrogen-bond acceptors (Lipinski definition) is 6. The van der Waals surface area contributed by atoms with Crippen molar-refractivity contribution in [1.82, 2.24) is 9.44 Å². The highest BCUT2D eigenvalue weighted by Gasteiger charge is 2.50. The zero-order valence-corrected chi connectivity index (χ0v) is 15.7. The van der Waals surface area contributed by atoms with Gasteiger partial charge in [-0.25, -0.2) is 16.8 Å². The standard InChI is InChI=1S/C12H21F3N2O6S2/c1-6-9(18)16-11(4,5)23-8-7-10(2,3)24(19,20)17-25(21,22)12(13,14)15/h6,17H,1,7-8H2,2-5H3,(H,16,18). The van der Waals surface area contributed by atoms with Crippen LogP contribution in [-0.4, -0.2) is 45.3 Å². The molecule has 13 heteroatoms. The maximum absolute atomic E-state index is 12.3. The summed E-state index contributed by atoms with van der Waals surface area (Å²) in [5, 5.41) is 2.40. The van der Waals surface area contributed by atoms with Gasteiger partial charge < -0.3 is 10.1 Å². The Morgan fingerprint density at radius 2 is 1.56 bits per heavy atom. The fourth-order valence-electron chi connectivity index (χ4n) is 1.37. The first kappa shape index (κ1) is 23.8. The van der Waals surface area contributed by atoms with Crippen LogP contribution in [0.3, 0.4) is 0 Å². The summed E-state index contributed by atoms with van der Waals surface area (Å²) < 4.78 is 87.0. The Kier molecular flexibility index (Phi) is 7.24. The minimum absolute atomic E-state index is 0.287. The van der Waals surface area contributed by atoms with E-state index in [2.05, 4.69) is 11.9 Å². The minimum Gasteiger partial charge on any atom is -0.356 e. The molecule has 0 radical (unpaired) electrons. The van der Waals surface area contributed by atoms with Crippen molar-refractivity contribution in [2.75, 3.05) is 6.61 Å².